The molecule has 0 spiro atoms. The third-order valence-electron chi connectivity index (χ3n) is 6.30. The molecular formula is C28H35BrN2O4. The fraction of sp³-hybridized carbons (Fsp3) is 0.429. The molecule has 1 amide bonds. The molecule has 0 unspecified atom stereocenters. The molecule has 1 saturated heterocycles. The van der Waals surface area contributed by atoms with E-state index < -0.39 is 17.7 Å². The van der Waals surface area contributed by atoms with Gasteiger partial charge in [0.2, 0.25) is 0 Å². The number of ether oxygens (including phenoxy) is 1. The molecule has 6 nitrogen and oxygen atoms in total. The van der Waals surface area contributed by atoms with Crippen LogP contribution in [0.1, 0.15) is 50.4 Å². The maximum absolute atomic E-state index is 13.2. The van der Waals surface area contributed by atoms with Gasteiger partial charge in [-0.25, -0.2) is 0 Å². The molecule has 0 saturated carbocycles. The first-order valence-corrected chi connectivity index (χ1v) is 13.0. The van der Waals surface area contributed by atoms with E-state index in [0.717, 1.165) is 34.4 Å². The molecule has 188 valence electrons. The molecule has 2 aromatic rings. The van der Waals surface area contributed by atoms with Crippen molar-refractivity contribution in [2.45, 2.75) is 40.7 Å². The molecule has 0 aliphatic carbocycles. The number of carbonyl (C=O) groups excluding carboxylic acids is 2. The highest BCUT2D eigenvalue weighted by Crippen LogP contribution is 2.40. The van der Waals surface area contributed by atoms with Crippen LogP contribution in [-0.4, -0.2) is 59.4 Å². The molecule has 2 aromatic carbocycles. The zero-order valence-electron chi connectivity index (χ0n) is 21.2. The minimum absolute atomic E-state index is 0.118. The number of aliphatic hydroxyl groups excluding tert-OH is 1. The molecule has 7 heteroatoms. The lowest BCUT2D eigenvalue weighted by Crippen LogP contribution is -2.38. The third kappa shape index (κ3) is 6.14. The van der Waals surface area contributed by atoms with Gasteiger partial charge in [-0.2, -0.15) is 0 Å². The van der Waals surface area contributed by atoms with E-state index in [9.17, 15) is 14.7 Å². The maximum atomic E-state index is 13.2. The molecule has 1 heterocycles. The Hall–Kier alpha value is -2.64. The number of Topliss-reactive ketones (excluding diaryl/α,β-unsaturated/α-hetero) is 1. The van der Waals surface area contributed by atoms with E-state index in [1.54, 1.807) is 23.1 Å². The van der Waals surface area contributed by atoms with Crippen LogP contribution in [0, 0.1) is 12.8 Å². The number of hydrogen-bond donors (Lipinski definition) is 1. The molecule has 1 N–H and O–H groups in total. The highest BCUT2D eigenvalue weighted by Gasteiger charge is 2.46. The molecule has 0 aromatic heterocycles. The summed E-state index contributed by atoms with van der Waals surface area (Å²) in [6, 6.07) is 12.2. The van der Waals surface area contributed by atoms with Crippen molar-refractivity contribution in [3.05, 3.63) is 69.2 Å². The second kappa shape index (κ2) is 11.9. The van der Waals surface area contributed by atoms with Gasteiger partial charge in [0.05, 0.1) is 18.2 Å². The smallest absolute Gasteiger partial charge is 0.295 e. The number of ketones is 1. The highest BCUT2D eigenvalue weighted by atomic mass is 79.9. The van der Waals surface area contributed by atoms with E-state index in [1.807, 2.05) is 31.2 Å². The normalized spacial score (nSPS) is 17.6. The van der Waals surface area contributed by atoms with Crippen LogP contribution in [0.25, 0.3) is 5.76 Å². The Morgan fingerprint density at radius 3 is 2.34 bits per heavy atom. The fourth-order valence-electron chi connectivity index (χ4n) is 4.26. The minimum atomic E-state index is -0.659. The molecule has 1 fully saturated rings. The van der Waals surface area contributed by atoms with E-state index in [-0.39, 0.29) is 11.3 Å². The van der Waals surface area contributed by atoms with Crippen molar-refractivity contribution in [1.82, 2.24) is 9.80 Å². The summed E-state index contributed by atoms with van der Waals surface area (Å²) in [5, 5.41) is 11.3. The Morgan fingerprint density at radius 1 is 1.11 bits per heavy atom. The van der Waals surface area contributed by atoms with Gasteiger partial charge in [-0.05, 0) is 67.4 Å². The van der Waals surface area contributed by atoms with E-state index >= 15 is 0 Å². The van der Waals surface area contributed by atoms with Crippen molar-refractivity contribution >= 4 is 33.4 Å². The lowest BCUT2D eigenvalue weighted by Gasteiger charge is -2.28. The van der Waals surface area contributed by atoms with E-state index in [2.05, 4.69) is 48.5 Å². The van der Waals surface area contributed by atoms with Gasteiger partial charge in [0.15, 0.2) is 0 Å². The van der Waals surface area contributed by atoms with Gasteiger partial charge in [0, 0.05) is 23.1 Å². The van der Waals surface area contributed by atoms with Crippen LogP contribution in [-0.2, 0) is 9.59 Å². The first kappa shape index (κ1) is 27.0. The topological polar surface area (TPSA) is 70.1 Å². The van der Waals surface area contributed by atoms with Crippen LogP contribution in [0.2, 0.25) is 0 Å². The largest absolute Gasteiger partial charge is 0.507 e. The summed E-state index contributed by atoms with van der Waals surface area (Å²) >= 11 is 3.45. The number of aryl methyl sites for hydroxylation is 1. The van der Waals surface area contributed by atoms with Crippen molar-refractivity contribution in [3.63, 3.8) is 0 Å². The molecule has 35 heavy (non-hydrogen) atoms. The van der Waals surface area contributed by atoms with E-state index in [4.69, 9.17) is 4.74 Å². The standard InChI is InChI=1S/C28H35BrN2O4/c1-6-30(7-2)14-15-31-25(20-8-11-22(29)12-9-20)24(27(33)28(31)34)26(32)21-10-13-23(19(5)16-21)35-17-18(3)4/h8-13,16,18,25,32H,6-7,14-15,17H2,1-5H3/t25-/m1/s1. The van der Waals surface area contributed by atoms with Crippen molar-refractivity contribution in [1.29, 1.82) is 0 Å². The number of amides is 1. The van der Waals surface area contributed by atoms with E-state index in [1.165, 1.54) is 0 Å². The quantitative estimate of drug-likeness (QED) is 0.242. The minimum Gasteiger partial charge on any atom is -0.507 e. The van der Waals surface area contributed by atoms with Crippen LogP contribution in [0.15, 0.2) is 52.5 Å². The van der Waals surface area contributed by atoms with Crippen molar-refractivity contribution in [2.75, 3.05) is 32.8 Å². The van der Waals surface area contributed by atoms with Crippen molar-refractivity contribution in [3.8, 4) is 5.75 Å². The van der Waals surface area contributed by atoms with Crippen LogP contribution in [0.5, 0.6) is 5.75 Å². The average molecular weight is 544 g/mol. The van der Waals surface area contributed by atoms with E-state index in [0.29, 0.717) is 31.2 Å². The number of aliphatic hydroxyl groups is 1. The Morgan fingerprint density at radius 2 is 1.77 bits per heavy atom. The summed E-state index contributed by atoms with van der Waals surface area (Å²) in [5.41, 5.74) is 2.24. The Balaban J connectivity index is 2.04. The number of hydrogen-bond acceptors (Lipinski definition) is 5. The predicted molar refractivity (Wildman–Crippen MR) is 142 cm³/mol. The zero-order chi connectivity index (χ0) is 25.7. The second-order valence-corrected chi connectivity index (χ2v) is 10.2. The van der Waals surface area contributed by atoms with Crippen molar-refractivity contribution < 1.29 is 19.4 Å². The lowest BCUT2D eigenvalue weighted by atomic mass is 9.95. The molecule has 1 aliphatic rings. The third-order valence-corrected chi connectivity index (χ3v) is 6.83. The van der Waals surface area contributed by atoms with Crippen LogP contribution < -0.4 is 4.74 Å². The zero-order valence-corrected chi connectivity index (χ0v) is 22.8. The molecular weight excluding hydrogens is 508 g/mol. The van der Waals surface area contributed by atoms with Gasteiger partial charge in [-0.1, -0.05) is 55.8 Å². The first-order chi connectivity index (χ1) is 16.7. The first-order valence-electron chi connectivity index (χ1n) is 12.2. The number of rotatable bonds is 10. The van der Waals surface area contributed by atoms with Crippen LogP contribution in [0.4, 0.5) is 0 Å². The monoisotopic (exact) mass is 542 g/mol. The lowest BCUT2D eigenvalue weighted by molar-refractivity contribution is -0.140. The fourth-order valence-corrected chi connectivity index (χ4v) is 4.53. The molecule has 0 radical (unpaired) electrons. The van der Waals surface area contributed by atoms with Crippen LogP contribution >= 0.6 is 15.9 Å². The summed E-state index contributed by atoms with van der Waals surface area (Å²) in [4.78, 5) is 30.2. The number of carbonyl (C=O) groups is 2. The van der Waals surface area contributed by atoms with Gasteiger partial charge in [0.25, 0.3) is 11.7 Å². The number of likely N-dealkylation sites (N-methyl/N-ethyl adjacent to an activating group) is 1. The van der Waals surface area contributed by atoms with Gasteiger partial charge < -0.3 is 19.6 Å². The number of halogens is 1. The number of likely N-dealkylation sites (tertiary alicyclic amines) is 1. The highest BCUT2D eigenvalue weighted by molar-refractivity contribution is 9.10. The summed E-state index contributed by atoms with van der Waals surface area (Å²) in [5.74, 6) is -0.284. The van der Waals surface area contributed by atoms with Gasteiger partial charge in [-0.3, -0.25) is 9.59 Å². The Bertz CT molecular complexity index is 1090. The van der Waals surface area contributed by atoms with Crippen LogP contribution in [0.3, 0.4) is 0 Å². The van der Waals surface area contributed by atoms with Gasteiger partial charge >= 0.3 is 0 Å². The molecule has 3 rings (SSSR count). The number of nitrogens with zero attached hydrogens (tertiary/aromatic N) is 2. The Kier molecular flexibility index (Phi) is 9.14. The summed E-state index contributed by atoms with van der Waals surface area (Å²) in [6.07, 6.45) is 0. The van der Waals surface area contributed by atoms with Crippen molar-refractivity contribution in [2.24, 2.45) is 5.92 Å². The van der Waals surface area contributed by atoms with Gasteiger partial charge in [-0.15, -0.1) is 0 Å². The van der Waals surface area contributed by atoms with Gasteiger partial charge in [0.1, 0.15) is 11.5 Å². The molecule has 0 bridgehead atoms. The Labute approximate surface area is 216 Å². The summed E-state index contributed by atoms with van der Waals surface area (Å²) < 4.78 is 6.75. The summed E-state index contributed by atoms with van der Waals surface area (Å²) in [6.45, 7) is 13.5. The molecule has 1 atom stereocenters. The average Bonchev–Trinajstić information content (AvgIpc) is 3.08. The summed E-state index contributed by atoms with van der Waals surface area (Å²) in [7, 11) is 0. The molecule has 1 aliphatic heterocycles. The second-order valence-electron chi connectivity index (χ2n) is 9.26. The maximum Gasteiger partial charge on any atom is 0.295 e. The predicted octanol–water partition coefficient (Wildman–Crippen LogP) is 5.56. The SMILES string of the molecule is CCN(CC)CCN1C(=O)C(=O)C(=C(O)c2ccc(OCC(C)C)c(C)c2)[C@H]1c1ccc(Br)cc1. The number of benzene rings is 2.